The maximum Gasteiger partial charge on any atom is 0.0789 e. The fraction of sp³-hybridized carbons (Fsp3) is 0.333. The maximum absolute atomic E-state index is 2.35. The van der Waals surface area contributed by atoms with Crippen LogP contribution in [0, 0.1) is 0 Å². The van der Waals surface area contributed by atoms with Gasteiger partial charge in [0.05, 0.1) is 18.3 Å². The van der Waals surface area contributed by atoms with Crippen LogP contribution in [0.3, 0.4) is 0 Å². The molecule has 0 aromatic heterocycles. The molecule has 3 radical (unpaired) electrons. The molecule has 0 aliphatic heterocycles. The Morgan fingerprint density at radius 1 is 1.18 bits per heavy atom. The zero-order valence-electron chi connectivity index (χ0n) is 7.31. The number of rotatable bonds is 2. The summed E-state index contributed by atoms with van der Waals surface area (Å²) in [6, 6.07) is 8.82. The molecule has 2 heteroatoms. The van der Waals surface area contributed by atoms with Gasteiger partial charge in [-0.25, -0.2) is 0 Å². The van der Waals surface area contributed by atoms with Gasteiger partial charge in [-0.2, -0.15) is 0 Å². The molecule has 0 spiro atoms. The van der Waals surface area contributed by atoms with Crippen molar-refractivity contribution >= 4 is 28.7 Å². The van der Waals surface area contributed by atoms with Gasteiger partial charge in [0.15, 0.2) is 0 Å². The first kappa shape index (κ1) is 8.75. The standard InChI is InChI=1S/C9H13Si2/c1-10-8-6-4-5-7-9(8)11(2)3/h4-7H,1-3H3. The molecule has 0 saturated carbocycles. The van der Waals surface area contributed by atoms with Crippen LogP contribution in [0.1, 0.15) is 0 Å². The van der Waals surface area contributed by atoms with Crippen LogP contribution in [0.4, 0.5) is 0 Å². The van der Waals surface area contributed by atoms with Gasteiger partial charge in [0.2, 0.25) is 0 Å². The molecule has 0 fully saturated rings. The van der Waals surface area contributed by atoms with Crippen LogP contribution in [0.25, 0.3) is 0 Å². The molecule has 0 unspecified atom stereocenters. The minimum atomic E-state index is -0.247. The van der Waals surface area contributed by atoms with Crippen molar-refractivity contribution in [2.45, 2.75) is 19.6 Å². The first-order valence-corrected chi connectivity index (χ1v) is 7.83. The van der Waals surface area contributed by atoms with Gasteiger partial charge in [0.1, 0.15) is 0 Å². The zero-order valence-corrected chi connectivity index (χ0v) is 9.31. The van der Waals surface area contributed by atoms with Crippen LogP contribution in [0.15, 0.2) is 24.3 Å². The Morgan fingerprint density at radius 2 is 1.82 bits per heavy atom. The van der Waals surface area contributed by atoms with Crippen LogP contribution in [0.2, 0.25) is 19.6 Å². The molecule has 0 aliphatic carbocycles. The number of hydrogen-bond acceptors (Lipinski definition) is 0. The lowest BCUT2D eigenvalue weighted by Crippen LogP contribution is -2.39. The fourth-order valence-electron chi connectivity index (χ4n) is 1.14. The van der Waals surface area contributed by atoms with E-state index in [1.165, 1.54) is 0 Å². The third-order valence-corrected chi connectivity index (χ3v) is 4.47. The van der Waals surface area contributed by atoms with Crippen LogP contribution >= 0.6 is 0 Å². The van der Waals surface area contributed by atoms with Crippen molar-refractivity contribution in [3.63, 3.8) is 0 Å². The minimum Gasteiger partial charge on any atom is -0.0688 e. The second-order valence-electron chi connectivity index (χ2n) is 2.80. The van der Waals surface area contributed by atoms with Gasteiger partial charge in [-0.3, -0.25) is 0 Å². The first-order chi connectivity index (χ1) is 5.25. The molecular formula is C9H13Si2. The van der Waals surface area contributed by atoms with E-state index < -0.39 is 0 Å². The average Bonchev–Trinajstić information content (AvgIpc) is 2.04. The van der Waals surface area contributed by atoms with Crippen LogP contribution < -0.4 is 10.4 Å². The topological polar surface area (TPSA) is 0 Å². The Bertz CT molecular complexity index is 231. The van der Waals surface area contributed by atoms with Crippen molar-refractivity contribution in [1.82, 2.24) is 0 Å². The number of benzene rings is 1. The maximum atomic E-state index is 2.35. The summed E-state index contributed by atoms with van der Waals surface area (Å²) in [4.78, 5) is 0. The third kappa shape index (κ3) is 2.04. The summed E-state index contributed by atoms with van der Waals surface area (Å²) >= 11 is 0. The summed E-state index contributed by atoms with van der Waals surface area (Å²) in [6.45, 7) is 6.96. The molecular weight excluding hydrogens is 164 g/mol. The lowest BCUT2D eigenvalue weighted by Gasteiger charge is -2.08. The van der Waals surface area contributed by atoms with E-state index in [-0.39, 0.29) is 8.80 Å². The molecule has 1 aromatic carbocycles. The van der Waals surface area contributed by atoms with E-state index in [9.17, 15) is 0 Å². The molecule has 57 valence electrons. The molecule has 11 heavy (non-hydrogen) atoms. The molecule has 1 rings (SSSR count). The summed E-state index contributed by atoms with van der Waals surface area (Å²) < 4.78 is 0. The van der Waals surface area contributed by atoms with Gasteiger partial charge in [-0.15, -0.1) is 0 Å². The molecule has 0 amide bonds. The second kappa shape index (κ2) is 3.88. The van der Waals surface area contributed by atoms with Crippen molar-refractivity contribution in [3.8, 4) is 0 Å². The van der Waals surface area contributed by atoms with Crippen molar-refractivity contribution in [2.75, 3.05) is 0 Å². The normalized spacial score (nSPS) is 10.5. The van der Waals surface area contributed by atoms with Crippen LogP contribution in [-0.2, 0) is 0 Å². The third-order valence-electron chi connectivity index (χ3n) is 1.74. The average molecular weight is 177 g/mol. The number of hydrogen-bond donors (Lipinski definition) is 0. The van der Waals surface area contributed by atoms with Gasteiger partial charge in [-0.05, 0) is 0 Å². The summed E-state index contributed by atoms with van der Waals surface area (Å²) in [5, 5.41) is 3.17. The molecule has 0 atom stereocenters. The van der Waals surface area contributed by atoms with E-state index >= 15 is 0 Å². The Kier molecular flexibility index (Phi) is 3.08. The molecule has 0 N–H and O–H groups in total. The largest absolute Gasteiger partial charge is 0.0789 e. The molecule has 0 aliphatic rings. The first-order valence-electron chi connectivity index (χ1n) is 3.83. The lowest BCUT2D eigenvalue weighted by atomic mass is 10.4. The molecule has 0 saturated heterocycles. The van der Waals surface area contributed by atoms with Gasteiger partial charge in [0, 0.05) is 0 Å². The SMILES string of the molecule is C[Si]c1ccccc1[Si](C)C. The second-order valence-corrected chi connectivity index (χ2v) is 6.37. The highest BCUT2D eigenvalue weighted by Gasteiger charge is 2.04. The monoisotopic (exact) mass is 177 g/mol. The van der Waals surface area contributed by atoms with E-state index in [0.29, 0.717) is 0 Å². The van der Waals surface area contributed by atoms with Crippen LogP contribution in [0.5, 0.6) is 0 Å². The summed E-state index contributed by atoms with van der Waals surface area (Å²) in [5.74, 6) is 0. The van der Waals surface area contributed by atoms with E-state index in [4.69, 9.17) is 0 Å². The van der Waals surface area contributed by atoms with E-state index in [0.717, 1.165) is 9.52 Å². The lowest BCUT2D eigenvalue weighted by molar-refractivity contribution is 1.78. The Balaban J connectivity index is 3.02. The van der Waals surface area contributed by atoms with Crippen molar-refractivity contribution in [2.24, 2.45) is 0 Å². The van der Waals surface area contributed by atoms with Gasteiger partial charge in [0.25, 0.3) is 0 Å². The summed E-state index contributed by atoms with van der Waals surface area (Å²) in [7, 11) is 0.700. The zero-order chi connectivity index (χ0) is 8.27. The minimum absolute atomic E-state index is 0.247. The predicted octanol–water partition coefficient (Wildman–Crippen LogP) is 1.03. The highest BCUT2D eigenvalue weighted by atomic mass is 28.3. The molecule has 0 heterocycles. The van der Waals surface area contributed by atoms with Crippen molar-refractivity contribution < 1.29 is 0 Å². The molecule has 1 aromatic rings. The highest BCUT2D eigenvalue weighted by molar-refractivity contribution is 6.76. The smallest absolute Gasteiger partial charge is 0.0688 e. The van der Waals surface area contributed by atoms with E-state index in [1.54, 1.807) is 10.4 Å². The Labute approximate surface area is 73.1 Å². The van der Waals surface area contributed by atoms with Crippen molar-refractivity contribution in [3.05, 3.63) is 24.3 Å². The highest BCUT2D eigenvalue weighted by Crippen LogP contribution is 1.85. The Morgan fingerprint density at radius 3 is 2.27 bits per heavy atom. The fourth-order valence-corrected chi connectivity index (χ4v) is 3.93. The summed E-state index contributed by atoms with van der Waals surface area (Å²) in [6.07, 6.45) is 0. The van der Waals surface area contributed by atoms with Crippen LogP contribution in [-0.4, -0.2) is 18.3 Å². The molecule has 0 nitrogen and oxygen atoms in total. The van der Waals surface area contributed by atoms with Gasteiger partial charge < -0.3 is 0 Å². The van der Waals surface area contributed by atoms with E-state index in [1.807, 2.05) is 0 Å². The van der Waals surface area contributed by atoms with Crippen molar-refractivity contribution in [1.29, 1.82) is 0 Å². The van der Waals surface area contributed by atoms with E-state index in [2.05, 4.69) is 43.9 Å². The predicted molar refractivity (Wildman–Crippen MR) is 54.8 cm³/mol. The van der Waals surface area contributed by atoms with Gasteiger partial charge >= 0.3 is 0 Å². The van der Waals surface area contributed by atoms with Gasteiger partial charge in [-0.1, -0.05) is 54.3 Å². The quantitative estimate of drug-likeness (QED) is 0.592. The summed E-state index contributed by atoms with van der Waals surface area (Å²) in [5.41, 5.74) is 0. The Hall–Kier alpha value is -0.346. The molecule has 0 bridgehead atoms.